The van der Waals surface area contributed by atoms with Gasteiger partial charge >= 0.3 is 0 Å². The summed E-state index contributed by atoms with van der Waals surface area (Å²) < 4.78 is 4.98. The number of likely N-dealkylation sites (N-methyl/N-ethyl adjacent to an activating group) is 1. The lowest BCUT2D eigenvalue weighted by Crippen LogP contribution is -2.38. The lowest BCUT2D eigenvalue weighted by Gasteiger charge is -2.21. The fourth-order valence-corrected chi connectivity index (χ4v) is 1.35. The highest BCUT2D eigenvalue weighted by Gasteiger charge is 2.08. The van der Waals surface area contributed by atoms with Crippen LogP contribution in [0.5, 0.6) is 0 Å². The number of anilines is 1. The third-order valence-corrected chi connectivity index (χ3v) is 2.06. The molecule has 1 heterocycles. The topological polar surface area (TPSA) is 64.3 Å². The van der Waals surface area contributed by atoms with E-state index in [0.29, 0.717) is 13.2 Å². The van der Waals surface area contributed by atoms with E-state index in [1.165, 1.54) is 0 Å². The Hall–Kier alpha value is -1.20. The predicted octanol–water partition coefficient (Wildman–Crippen LogP) is 0.195. The normalized spacial score (nSPS) is 12.5. The molecule has 15 heavy (non-hydrogen) atoms. The van der Waals surface area contributed by atoms with Crippen LogP contribution < -0.4 is 10.6 Å². The van der Waals surface area contributed by atoms with Crippen LogP contribution in [0.3, 0.4) is 0 Å². The van der Waals surface area contributed by atoms with Crippen molar-refractivity contribution in [3.05, 3.63) is 17.8 Å². The van der Waals surface area contributed by atoms with Crippen molar-refractivity contribution in [3.63, 3.8) is 0 Å². The highest BCUT2D eigenvalue weighted by Crippen LogP contribution is 2.08. The summed E-state index contributed by atoms with van der Waals surface area (Å²) in [6.45, 7) is 3.23. The van der Waals surface area contributed by atoms with Crippen LogP contribution in [-0.2, 0) is 4.74 Å². The van der Waals surface area contributed by atoms with Gasteiger partial charge in [-0.2, -0.15) is 5.10 Å². The molecule has 5 nitrogen and oxygen atoms in total. The van der Waals surface area contributed by atoms with Gasteiger partial charge in [0.2, 0.25) is 0 Å². The van der Waals surface area contributed by atoms with Crippen molar-refractivity contribution < 1.29 is 4.74 Å². The smallest absolute Gasteiger partial charge is 0.151 e. The Morgan fingerprint density at radius 3 is 2.93 bits per heavy atom. The van der Waals surface area contributed by atoms with Gasteiger partial charge in [-0.15, -0.1) is 5.10 Å². The molecule has 2 N–H and O–H groups in total. The van der Waals surface area contributed by atoms with E-state index < -0.39 is 0 Å². The Labute approximate surface area is 90.2 Å². The molecule has 0 aliphatic carbocycles. The molecule has 0 aliphatic heterocycles. The maximum absolute atomic E-state index is 5.85. The van der Waals surface area contributed by atoms with E-state index in [4.69, 9.17) is 10.5 Å². The maximum Gasteiger partial charge on any atom is 0.151 e. The average Bonchev–Trinajstić information content (AvgIpc) is 2.18. The zero-order valence-corrected chi connectivity index (χ0v) is 9.47. The van der Waals surface area contributed by atoms with E-state index in [9.17, 15) is 0 Å². The molecule has 84 valence electrons. The minimum absolute atomic E-state index is 0.0117. The quantitative estimate of drug-likeness (QED) is 0.752. The van der Waals surface area contributed by atoms with Crippen molar-refractivity contribution in [2.24, 2.45) is 5.73 Å². The monoisotopic (exact) mass is 210 g/mol. The third kappa shape index (κ3) is 3.81. The van der Waals surface area contributed by atoms with Gasteiger partial charge in [0.25, 0.3) is 0 Å². The standard InChI is InChI=1S/C10H18N4O/c1-8-4-10(13-12-5-8)14(2)6-9(11)7-15-3/h4-5,9H,6-7,11H2,1-3H3. The number of ether oxygens (including phenoxy) is 1. The molecular weight excluding hydrogens is 192 g/mol. The summed E-state index contributed by atoms with van der Waals surface area (Å²) >= 11 is 0. The van der Waals surface area contributed by atoms with Crippen molar-refractivity contribution in [2.75, 3.05) is 32.2 Å². The molecular formula is C10H18N4O. The van der Waals surface area contributed by atoms with Crippen molar-refractivity contribution in [3.8, 4) is 0 Å². The molecule has 0 bridgehead atoms. The van der Waals surface area contributed by atoms with E-state index in [2.05, 4.69) is 10.2 Å². The molecule has 1 aromatic rings. The molecule has 0 fully saturated rings. The van der Waals surface area contributed by atoms with Gasteiger partial charge in [0.05, 0.1) is 12.8 Å². The van der Waals surface area contributed by atoms with Gasteiger partial charge in [0.15, 0.2) is 5.82 Å². The summed E-state index contributed by atoms with van der Waals surface area (Å²) in [4.78, 5) is 1.98. The first kappa shape index (κ1) is 11.9. The van der Waals surface area contributed by atoms with Crippen LogP contribution in [-0.4, -0.2) is 43.5 Å². The van der Waals surface area contributed by atoms with Crippen LogP contribution in [0.25, 0.3) is 0 Å². The molecule has 0 saturated carbocycles. The second-order valence-corrected chi connectivity index (χ2v) is 3.69. The lowest BCUT2D eigenvalue weighted by atomic mass is 10.3. The zero-order valence-electron chi connectivity index (χ0n) is 9.47. The number of hydrogen-bond donors (Lipinski definition) is 1. The van der Waals surface area contributed by atoms with Gasteiger partial charge in [-0.25, -0.2) is 0 Å². The summed E-state index contributed by atoms with van der Waals surface area (Å²) in [7, 11) is 3.59. The summed E-state index contributed by atoms with van der Waals surface area (Å²) in [5.41, 5.74) is 6.94. The Morgan fingerprint density at radius 2 is 2.33 bits per heavy atom. The summed E-state index contributed by atoms with van der Waals surface area (Å²) in [5, 5.41) is 7.93. The number of nitrogens with two attached hydrogens (primary N) is 1. The van der Waals surface area contributed by atoms with Crippen LogP contribution in [0.4, 0.5) is 5.82 Å². The van der Waals surface area contributed by atoms with Crippen LogP contribution in [0, 0.1) is 6.92 Å². The van der Waals surface area contributed by atoms with Gasteiger partial charge in [-0.05, 0) is 18.6 Å². The highest BCUT2D eigenvalue weighted by molar-refractivity contribution is 5.38. The maximum atomic E-state index is 5.85. The fraction of sp³-hybridized carbons (Fsp3) is 0.600. The minimum atomic E-state index is -0.0117. The Balaban J connectivity index is 2.56. The van der Waals surface area contributed by atoms with Crippen molar-refractivity contribution >= 4 is 5.82 Å². The van der Waals surface area contributed by atoms with Crippen LogP contribution in [0.1, 0.15) is 5.56 Å². The molecule has 0 saturated heterocycles. The first-order valence-corrected chi connectivity index (χ1v) is 4.88. The highest BCUT2D eigenvalue weighted by atomic mass is 16.5. The first-order chi connectivity index (χ1) is 7.13. The van der Waals surface area contributed by atoms with Gasteiger partial charge in [0, 0.05) is 26.7 Å². The van der Waals surface area contributed by atoms with E-state index in [0.717, 1.165) is 11.4 Å². The zero-order chi connectivity index (χ0) is 11.3. The summed E-state index contributed by atoms with van der Waals surface area (Å²) in [5.74, 6) is 0.835. The lowest BCUT2D eigenvalue weighted by molar-refractivity contribution is 0.181. The van der Waals surface area contributed by atoms with Crippen molar-refractivity contribution in [1.29, 1.82) is 0 Å². The average molecular weight is 210 g/mol. The van der Waals surface area contributed by atoms with Gasteiger partial charge in [0.1, 0.15) is 0 Å². The van der Waals surface area contributed by atoms with Crippen LogP contribution >= 0.6 is 0 Å². The Bertz CT molecular complexity index is 305. The molecule has 5 heteroatoms. The number of aromatic nitrogens is 2. The van der Waals surface area contributed by atoms with Gasteiger partial charge in [-0.1, -0.05) is 0 Å². The fourth-order valence-electron chi connectivity index (χ4n) is 1.35. The molecule has 0 spiro atoms. The predicted molar refractivity (Wildman–Crippen MR) is 59.9 cm³/mol. The van der Waals surface area contributed by atoms with Crippen LogP contribution in [0.15, 0.2) is 12.3 Å². The van der Waals surface area contributed by atoms with E-state index in [-0.39, 0.29) is 6.04 Å². The van der Waals surface area contributed by atoms with Crippen LogP contribution in [0.2, 0.25) is 0 Å². The number of methoxy groups -OCH3 is 1. The van der Waals surface area contributed by atoms with E-state index >= 15 is 0 Å². The molecule has 1 rings (SSSR count). The second-order valence-electron chi connectivity index (χ2n) is 3.69. The molecule has 0 aliphatic rings. The van der Waals surface area contributed by atoms with Crippen molar-refractivity contribution in [2.45, 2.75) is 13.0 Å². The molecule has 1 atom stereocenters. The Morgan fingerprint density at radius 1 is 1.60 bits per heavy atom. The molecule has 0 aromatic carbocycles. The van der Waals surface area contributed by atoms with E-state index in [1.807, 2.05) is 24.9 Å². The molecule has 1 aromatic heterocycles. The second kappa shape index (κ2) is 5.63. The first-order valence-electron chi connectivity index (χ1n) is 4.88. The number of nitrogens with zero attached hydrogens (tertiary/aromatic N) is 3. The molecule has 1 unspecified atom stereocenters. The molecule has 0 radical (unpaired) electrons. The Kier molecular flexibility index (Phi) is 4.45. The molecule has 0 amide bonds. The number of aryl methyl sites for hydroxylation is 1. The third-order valence-electron chi connectivity index (χ3n) is 2.06. The van der Waals surface area contributed by atoms with Crippen molar-refractivity contribution in [1.82, 2.24) is 10.2 Å². The number of rotatable bonds is 5. The number of hydrogen-bond acceptors (Lipinski definition) is 5. The van der Waals surface area contributed by atoms with Gasteiger partial charge in [-0.3, -0.25) is 0 Å². The summed E-state index contributed by atoms with van der Waals surface area (Å²) in [6, 6.07) is 1.97. The summed E-state index contributed by atoms with van der Waals surface area (Å²) in [6.07, 6.45) is 1.73. The SMILES string of the molecule is COCC(N)CN(C)c1cc(C)cnn1. The minimum Gasteiger partial charge on any atom is -0.383 e. The largest absolute Gasteiger partial charge is 0.383 e. The van der Waals surface area contributed by atoms with Gasteiger partial charge < -0.3 is 15.4 Å². The van der Waals surface area contributed by atoms with E-state index in [1.54, 1.807) is 13.3 Å².